The minimum Gasteiger partial charge on any atom is -0.472 e. The van der Waals surface area contributed by atoms with E-state index in [-0.39, 0.29) is 25.7 Å². The van der Waals surface area contributed by atoms with Gasteiger partial charge in [0.25, 0.3) is 5.91 Å². The van der Waals surface area contributed by atoms with Crippen LogP contribution in [0.15, 0.2) is 59.6 Å². The highest BCUT2D eigenvalue weighted by Gasteiger charge is 2.50. The molecule has 0 saturated carbocycles. The van der Waals surface area contributed by atoms with E-state index in [4.69, 9.17) is 4.74 Å². The lowest BCUT2D eigenvalue weighted by molar-refractivity contribution is -0.123. The van der Waals surface area contributed by atoms with Crippen molar-refractivity contribution in [2.24, 2.45) is 4.99 Å². The first-order valence-electron chi connectivity index (χ1n) is 7.82. The fourth-order valence-corrected chi connectivity index (χ4v) is 3.06. The molecule has 0 radical (unpaired) electrons. The van der Waals surface area contributed by atoms with Crippen molar-refractivity contribution in [3.63, 3.8) is 0 Å². The van der Waals surface area contributed by atoms with E-state index >= 15 is 0 Å². The van der Waals surface area contributed by atoms with Gasteiger partial charge in [0.15, 0.2) is 0 Å². The SMILES string of the molecule is O=C1N(CCO)c2ccccc2NC12COC(c1ccccc1)=N2. The Morgan fingerprint density at radius 1 is 1.17 bits per heavy atom. The lowest BCUT2D eigenvalue weighted by atomic mass is 10.0. The van der Waals surface area contributed by atoms with Gasteiger partial charge >= 0.3 is 0 Å². The van der Waals surface area contributed by atoms with Crippen molar-refractivity contribution < 1.29 is 14.6 Å². The van der Waals surface area contributed by atoms with Crippen molar-refractivity contribution in [2.75, 3.05) is 30.0 Å². The minimum absolute atomic E-state index is 0.117. The highest BCUT2D eigenvalue weighted by Crippen LogP contribution is 2.38. The average Bonchev–Trinajstić information content (AvgIpc) is 3.05. The fourth-order valence-electron chi connectivity index (χ4n) is 3.06. The monoisotopic (exact) mass is 323 g/mol. The van der Waals surface area contributed by atoms with E-state index < -0.39 is 5.66 Å². The van der Waals surface area contributed by atoms with Crippen molar-refractivity contribution in [1.29, 1.82) is 0 Å². The number of aliphatic hydroxyl groups excluding tert-OH is 1. The van der Waals surface area contributed by atoms with Gasteiger partial charge in [-0.15, -0.1) is 0 Å². The van der Waals surface area contributed by atoms with Crippen molar-refractivity contribution in [3.05, 3.63) is 60.2 Å². The molecule has 2 aliphatic rings. The third kappa shape index (κ3) is 2.23. The first-order valence-corrected chi connectivity index (χ1v) is 7.82. The van der Waals surface area contributed by atoms with Gasteiger partial charge in [-0.3, -0.25) is 4.79 Å². The van der Waals surface area contributed by atoms with Crippen LogP contribution in [0.2, 0.25) is 0 Å². The van der Waals surface area contributed by atoms with Crippen LogP contribution in [0.5, 0.6) is 0 Å². The third-order valence-electron chi connectivity index (χ3n) is 4.19. The molecule has 0 saturated heterocycles. The molecule has 4 rings (SSSR count). The van der Waals surface area contributed by atoms with Crippen LogP contribution in [0.4, 0.5) is 11.4 Å². The smallest absolute Gasteiger partial charge is 0.279 e. The van der Waals surface area contributed by atoms with Gasteiger partial charge in [0.1, 0.15) is 6.61 Å². The van der Waals surface area contributed by atoms with Gasteiger partial charge in [-0.25, -0.2) is 4.99 Å². The molecule has 0 aromatic heterocycles. The van der Waals surface area contributed by atoms with E-state index in [1.54, 1.807) is 4.90 Å². The van der Waals surface area contributed by atoms with Gasteiger partial charge in [-0.05, 0) is 24.3 Å². The summed E-state index contributed by atoms with van der Waals surface area (Å²) in [5, 5.41) is 12.6. The fraction of sp³-hybridized carbons (Fsp3) is 0.222. The molecule has 0 bridgehead atoms. The van der Waals surface area contributed by atoms with Crippen LogP contribution in [0.25, 0.3) is 0 Å². The maximum absolute atomic E-state index is 13.0. The highest BCUT2D eigenvalue weighted by atomic mass is 16.5. The van der Waals surface area contributed by atoms with Crippen LogP contribution >= 0.6 is 0 Å². The van der Waals surface area contributed by atoms with E-state index in [2.05, 4.69) is 10.3 Å². The summed E-state index contributed by atoms with van der Waals surface area (Å²) in [6.07, 6.45) is 0. The molecule has 6 nitrogen and oxygen atoms in total. The Labute approximate surface area is 139 Å². The van der Waals surface area contributed by atoms with Crippen molar-refractivity contribution in [3.8, 4) is 0 Å². The normalized spacial score (nSPS) is 22.0. The largest absolute Gasteiger partial charge is 0.472 e. The predicted octanol–water partition coefficient (Wildman–Crippen LogP) is 1.61. The molecule has 2 heterocycles. The zero-order valence-corrected chi connectivity index (χ0v) is 13.0. The van der Waals surface area contributed by atoms with Crippen LogP contribution in [-0.2, 0) is 9.53 Å². The van der Waals surface area contributed by atoms with Crippen LogP contribution < -0.4 is 10.2 Å². The summed E-state index contributed by atoms with van der Waals surface area (Å²) in [4.78, 5) is 19.2. The molecule has 1 amide bonds. The zero-order chi connectivity index (χ0) is 16.6. The number of aliphatic hydroxyl groups is 1. The number of fused-ring (bicyclic) bond motifs is 1. The Hall–Kier alpha value is -2.86. The predicted molar refractivity (Wildman–Crippen MR) is 91.2 cm³/mol. The standard InChI is InChI=1S/C18H17N3O3/c22-11-10-21-15-9-5-4-8-14(15)19-18(17(21)23)12-24-16(20-18)13-6-2-1-3-7-13/h1-9,19,22H,10-12H2. The van der Waals surface area contributed by atoms with Crippen LogP contribution in [0.1, 0.15) is 5.56 Å². The Bertz CT molecular complexity index is 806. The zero-order valence-electron chi connectivity index (χ0n) is 13.0. The Kier molecular flexibility index (Phi) is 3.46. The Morgan fingerprint density at radius 2 is 1.92 bits per heavy atom. The summed E-state index contributed by atoms with van der Waals surface area (Å²) in [7, 11) is 0. The van der Waals surface area contributed by atoms with Gasteiger partial charge < -0.3 is 20.1 Å². The quantitative estimate of drug-likeness (QED) is 0.900. The first-order chi connectivity index (χ1) is 11.7. The molecule has 1 unspecified atom stereocenters. The number of nitrogens with one attached hydrogen (secondary N) is 1. The number of carbonyl (C=O) groups excluding carboxylic acids is 1. The van der Waals surface area contributed by atoms with Gasteiger partial charge in [0, 0.05) is 12.1 Å². The summed E-state index contributed by atoms with van der Waals surface area (Å²) in [5.41, 5.74) is 1.18. The Morgan fingerprint density at radius 3 is 2.71 bits per heavy atom. The number of amides is 1. The number of benzene rings is 2. The topological polar surface area (TPSA) is 74.2 Å². The van der Waals surface area contributed by atoms with Crippen molar-refractivity contribution in [2.45, 2.75) is 5.66 Å². The van der Waals surface area contributed by atoms with Crippen LogP contribution in [0, 0.1) is 0 Å². The second kappa shape index (κ2) is 5.65. The molecule has 0 aliphatic carbocycles. The van der Waals surface area contributed by atoms with Crippen molar-refractivity contribution >= 4 is 23.2 Å². The molecule has 2 aromatic carbocycles. The molecule has 2 N–H and O–H groups in total. The molecule has 2 aliphatic heterocycles. The van der Waals surface area contributed by atoms with Crippen molar-refractivity contribution in [1.82, 2.24) is 0 Å². The minimum atomic E-state index is -1.19. The summed E-state index contributed by atoms with van der Waals surface area (Å²) in [6.45, 7) is 0.216. The molecular formula is C18H17N3O3. The number of hydrogen-bond donors (Lipinski definition) is 2. The number of rotatable bonds is 3. The molecule has 2 aromatic rings. The number of nitrogens with zero attached hydrogens (tertiary/aromatic N) is 2. The number of aliphatic imine (C=N–C) groups is 1. The van der Waals surface area contributed by atoms with Crippen LogP contribution in [0.3, 0.4) is 0 Å². The second-order valence-electron chi connectivity index (χ2n) is 5.75. The van der Waals surface area contributed by atoms with Gasteiger partial charge in [0.2, 0.25) is 11.6 Å². The van der Waals surface area contributed by atoms with Gasteiger partial charge in [0.05, 0.1) is 18.0 Å². The average molecular weight is 323 g/mol. The van der Waals surface area contributed by atoms with E-state index in [9.17, 15) is 9.90 Å². The molecule has 24 heavy (non-hydrogen) atoms. The molecule has 0 fully saturated rings. The lowest BCUT2D eigenvalue weighted by Gasteiger charge is -2.38. The second-order valence-corrected chi connectivity index (χ2v) is 5.75. The summed E-state index contributed by atoms with van der Waals surface area (Å²) < 4.78 is 5.72. The van der Waals surface area contributed by atoms with E-state index in [0.717, 1.165) is 16.9 Å². The molecular weight excluding hydrogens is 306 g/mol. The number of hydrogen-bond acceptors (Lipinski definition) is 5. The molecule has 6 heteroatoms. The molecule has 1 atom stereocenters. The summed E-state index contributed by atoms with van der Waals surface area (Å²) in [6, 6.07) is 17.0. The number of β-amino-alcohol motifs (C(OH)–C–C–N with tert-alkyl or cyclic N) is 1. The maximum atomic E-state index is 13.0. The third-order valence-corrected chi connectivity index (χ3v) is 4.19. The number of carbonyl (C=O) groups is 1. The maximum Gasteiger partial charge on any atom is 0.279 e. The van der Waals surface area contributed by atoms with Crippen LogP contribution in [-0.4, -0.2) is 42.3 Å². The number of ether oxygens (including phenoxy) is 1. The van der Waals surface area contributed by atoms with E-state index in [0.29, 0.717) is 5.90 Å². The lowest BCUT2D eigenvalue weighted by Crippen LogP contribution is -2.58. The Balaban J connectivity index is 1.76. The van der Waals surface area contributed by atoms with Gasteiger partial charge in [-0.2, -0.15) is 0 Å². The highest BCUT2D eigenvalue weighted by molar-refractivity contribution is 6.11. The van der Waals surface area contributed by atoms with E-state index in [1.807, 2.05) is 54.6 Å². The molecule has 122 valence electrons. The summed E-state index contributed by atoms with van der Waals surface area (Å²) in [5.74, 6) is 0.223. The molecule has 1 spiro atoms. The van der Waals surface area contributed by atoms with Gasteiger partial charge in [-0.1, -0.05) is 30.3 Å². The first kappa shape index (κ1) is 14.7. The number of anilines is 2. The van der Waals surface area contributed by atoms with E-state index in [1.165, 1.54) is 0 Å². The number of para-hydroxylation sites is 2. The summed E-state index contributed by atoms with van der Waals surface area (Å²) >= 11 is 0.